The lowest BCUT2D eigenvalue weighted by atomic mass is 10.1. The summed E-state index contributed by atoms with van der Waals surface area (Å²) in [7, 11) is 0. The largest absolute Gasteiger partial charge is 0.379 e. The number of hydrogen-bond acceptors (Lipinski definition) is 6. The molecule has 1 aliphatic carbocycles. The Balaban J connectivity index is 1.48. The number of nitrogen functional groups attached to an aromatic ring is 1. The number of rotatable bonds is 5. The third kappa shape index (κ3) is 3.28. The van der Waals surface area contributed by atoms with Crippen LogP contribution in [0, 0.1) is 5.41 Å². The van der Waals surface area contributed by atoms with Crippen molar-refractivity contribution in [1.82, 2.24) is 15.2 Å². The van der Waals surface area contributed by atoms with E-state index >= 15 is 0 Å². The molecule has 1 saturated carbocycles. The first-order chi connectivity index (χ1) is 9.67. The standard InChI is InChI=1S/C13H20N4O2S/c14-12-15-7-10(20-12)11(18)16-8-13(1-2-13)9-17-3-5-19-6-4-17/h7H,1-6,8-9H2,(H2,14,15)(H,16,18). The molecule has 0 unspecified atom stereocenters. The van der Waals surface area contributed by atoms with Gasteiger partial charge in [-0.2, -0.15) is 0 Å². The van der Waals surface area contributed by atoms with Crippen LogP contribution < -0.4 is 11.1 Å². The number of nitrogens with one attached hydrogen (secondary N) is 1. The van der Waals surface area contributed by atoms with Crippen molar-refractivity contribution in [3.05, 3.63) is 11.1 Å². The molecular weight excluding hydrogens is 276 g/mol. The van der Waals surface area contributed by atoms with E-state index in [0.29, 0.717) is 10.0 Å². The van der Waals surface area contributed by atoms with Gasteiger partial charge in [0.05, 0.1) is 19.4 Å². The first kappa shape index (κ1) is 13.8. The molecule has 7 heteroatoms. The molecule has 1 aromatic rings. The third-order valence-electron chi connectivity index (χ3n) is 3.99. The highest BCUT2D eigenvalue weighted by molar-refractivity contribution is 7.17. The van der Waals surface area contributed by atoms with Gasteiger partial charge in [0.15, 0.2) is 5.13 Å². The fraction of sp³-hybridized carbons (Fsp3) is 0.692. The molecule has 2 heterocycles. The molecule has 1 saturated heterocycles. The number of nitrogens with two attached hydrogens (primary N) is 1. The molecule has 2 aliphatic rings. The molecule has 1 aliphatic heterocycles. The average molecular weight is 296 g/mol. The van der Waals surface area contributed by atoms with E-state index in [9.17, 15) is 4.79 Å². The fourth-order valence-electron chi connectivity index (χ4n) is 2.55. The van der Waals surface area contributed by atoms with Crippen LogP contribution in [0.3, 0.4) is 0 Å². The quantitative estimate of drug-likeness (QED) is 0.830. The minimum Gasteiger partial charge on any atom is -0.379 e. The van der Waals surface area contributed by atoms with Gasteiger partial charge in [-0.05, 0) is 12.8 Å². The number of ether oxygens (including phenoxy) is 1. The second-order valence-electron chi connectivity index (χ2n) is 5.63. The third-order valence-corrected chi connectivity index (χ3v) is 4.82. The number of carbonyl (C=O) groups is 1. The van der Waals surface area contributed by atoms with Crippen LogP contribution in [0.5, 0.6) is 0 Å². The summed E-state index contributed by atoms with van der Waals surface area (Å²) in [4.78, 5) is 18.9. The second-order valence-corrected chi connectivity index (χ2v) is 6.70. The van der Waals surface area contributed by atoms with Gasteiger partial charge in [-0.25, -0.2) is 4.98 Å². The Morgan fingerprint density at radius 2 is 2.25 bits per heavy atom. The zero-order chi connectivity index (χ0) is 14.0. The molecule has 0 atom stereocenters. The van der Waals surface area contributed by atoms with E-state index in [0.717, 1.165) is 39.4 Å². The summed E-state index contributed by atoms with van der Waals surface area (Å²) < 4.78 is 5.36. The van der Waals surface area contributed by atoms with Crippen LogP contribution in [0.4, 0.5) is 5.13 Å². The summed E-state index contributed by atoms with van der Waals surface area (Å²) >= 11 is 1.23. The number of hydrogen-bond donors (Lipinski definition) is 2. The molecule has 0 radical (unpaired) electrons. The van der Waals surface area contributed by atoms with Crippen LogP contribution in [0.2, 0.25) is 0 Å². The smallest absolute Gasteiger partial charge is 0.263 e. The molecule has 0 aromatic carbocycles. The molecule has 1 amide bonds. The highest BCUT2D eigenvalue weighted by Gasteiger charge is 2.44. The Morgan fingerprint density at radius 3 is 2.85 bits per heavy atom. The molecule has 3 N–H and O–H groups in total. The highest BCUT2D eigenvalue weighted by atomic mass is 32.1. The Morgan fingerprint density at radius 1 is 1.50 bits per heavy atom. The van der Waals surface area contributed by atoms with Crippen molar-refractivity contribution in [2.45, 2.75) is 12.8 Å². The number of nitrogens with zero attached hydrogens (tertiary/aromatic N) is 2. The Labute approximate surface area is 122 Å². The maximum atomic E-state index is 12.0. The van der Waals surface area contributed by atoms with Crippen molar-refractivity contribution in [3.8, 4) is 0 Å². The SMILES string of the molecule is Nc1ncc(C(=O)NCC2(CN3CCOCC3)CC2)s1. The van der Waals surface area contributed by atoms with Crippen LogP contribution >= 0.6 is 11.3 Å². The summed E-state index contributed by atoms with van der Waals surface area (Å²) in [5, 5.41) is 3.46. The minimum atomic E-state index is -0.0625. The Hall–Kier alpha value is -1.18. The lowest BCUT2D eigenvalue weighted by molar-refractivity contribution is 0.0283. The maximum Gasteiger partial charge on any atom is 0.263 e. The van der Waals surface area contributed by atoms with Crippen molar-refractivity contribution in [2.75, 3.05) is 45.1 Å². The molecule has 1 aromatic heterocycles. The van der Waals surface area contributed by atoms with Crippen LogP contribution in [-0.4, -0.2) is 55.2 Å². The van der Waals surface area contributed by atoms with Crippen LogP contribution in [0.25, 0.3) is 0 Å². The van der Waals surface area contributed by atoms with Crippen LogP contribution in [0.15, 0.2) is 6.20 Å². The summed E-state index contributed by atoms with van der Waals surface area (Å²) in [5.74, 6) is -0.0625. The maximum absolute atomic E-state index is 12.0. The van der Waals surface area contributed by atoms with E-state index < -0.39 is 0 Å². The topological polar surface area (TPSA) is 80.5 Å². The first-order valence-electron chi connectivity index (χ1n) is 6.97. The first-order valence-corrected chi connectivity index (χ1v) is 7.78. The molecule has 3 rings (SSSR count). The van der Waals surface area contributed by atoms with Crippen molar-refractivity contribution in [2.24, 2.45) is 5.41 Å². The minimum absolute atomic E-state index is 0.0625. The lowest BCUT2D eigenvalue weighted by Crippen LogP contribution is -2.43. The molecule has 0 bridgehead atoms. The fourth-order valence-corrected chi connectivity index (χ4v) is 3.15. The Kier molecular flexibility index (Phi) is 3.91. The number of aromatic nitrogens is 1. The number of anilines is 1. The van der Waals surface area contributed by atoms with Gasteiger partial charge in [-0.1, -0.05) is 11.3 Å². The summed E-state index contributed by atoms with van der Waals surface area (Å²) in [6.07, 6.45) is 3.92. The van der Waals surface area contributed by atoms with Crippen LogP contribution in [0.1, 0.15) is 22.5 Å². The van der Waals surface area contributed by atoms with E-state index in [4.69, 9.17) is 10.5 Å². The number of morpholine rings is 1. The zero-order valence-corrected chi connectivity index (χ0v) is 12.2. The normalized spacial score (nSPS) is 21.6. The van der Waals surface area contributed by atoms with Gasteiger partial charge in [0.25, 0.3) is 5.91 Å². The van der Waals surface area contributed by atoms with E-state index in [-0.39, 0.29) is 11.3 Å². The number of amides is 1. The van der Waals surface area contributed by atoms with Gasteiger partial charge >= 0.3 is 0 Å². The van der Waals surface area contributed by atoms with E-state index in [1.165, 1.54) is 30.4 Å². The predicted molar refractivity (Wildman–Crippen MR) is 77.8 cm³/mol. The zero-order valence-electron chi connectivity index (χ0n) is 11.4. The van der Waals surface area contributed by atoms with Gasteiger partial charge in [0.1, 0.15) is 4.88 Å². The van der Waals surface area contributed by atoms with Crippen molar-refractivity contribution >= 4 is 22.4 Å². The van der Waals surface area contributed by atoms with E-state index in [2.05, 4.69) is 15.2 Å². The molecule has 6 nitrogen and oxygen atoms in total. The summed E-state index contributed by atoms with van der Waals surface area (Å²) in [6.45, 7) is 5.44. The molecule has 0 spiro atoms. The van der Waals surface area contributed by atoms with Gasteiger partial charge in [-0.3, -0.25) is 9.69 Å². The average Bonchev–Trinajstić information content (AvgIpc) is 3.08. The van der Waals surface area contributed by atoms with E-state index in [1.807, 2.05) is 0 Å². The number of thiazole rings is 1. The molecular formula is C13H20N4O2S. The molecule has 20 heavy (non-hydrogen) atoms. The van der Waals surface area contributed by atoms with Gasteiger partial charge in [-0.15, -0.1) is 0 Å². The van der Waals surface area contributed by atoms with Crippen molar-refractivity contribution < 1.29 is 9.53 Å². The summed E-state index contributed by atoms with van der Waals surface area (Å²) in [6, 6.07) is 0. The van der Waals surface area contributed by atoms with Gasteiger partial charge in [0, 0.05) is 31.6 Å². The monoisotopic (exact) mass is 296 g/mol. The van der Waals surface area contributed by atoms with Gasteiger partial charge in [0.2, 0.25) is 0 Å². The highest BCUT2D eigenvalue weighted by Crippen LogP contribution is 2.45. The lowest BCUT2D eigenvalue weighted by Gasteiger charge is -2.30. The van der Waals surface area contributed by atoms with Crippen LogP contribution in [-0.2, 0) is 4.74 Å². The second kappa shape index (κ2) is 5.67. The molecule has 110 valence electrons. The van der Waals surface area contributed by atoms with Crippen molar-refractivity contribution in [1.29, 1.82) is 0 Å². The summed E-state index contributed by atoms with van der Waals surface area (Å²) in [5.41, 5.74) is 5.81. The molecule has 2 fully saturated rings. The Bertz CT molecular complexity index is 480. The predicted octanol–water partition coefficient (Wildman–Crippen LogP) is 0.567. The van der Waals surface area contributed by atoms with Gasteiger partial charge < -0.3 is 15.8 Å². The number of carbonyl (C=O) groups excluding carboxylic acids is 1. The van der Waals surface area contributed by atoms with Crippen molar-refractivity contribution in [3.63, 3.8) is 0 Å². The van der Waals surface area contributed by atoms with E-state index in [1.54, 1.807) is 0 Å².